The zero-order valence-electron chi connectivity index (χ0n) is 15.6. The molecule has 1 saturated carbocycles. The third-order valence-electron chi connectivity index (χ3n) is 5.05. The number of likely N-dealkylation sites (tertiary alicyclic amines) is 1. The fourth-order valence-corrected chi connectivity index (χ4v) is 3.78. The molecule has 2 aliphatic rings. The van der Waals surface area contributed by atoms with Crippen molar-refractivity contribution in [3.05, 3.63) is 0 Å². The number of nitrogens with zero attached hydrogens (tertiary/aromatic N) is 1. The fourth-order valence-electron chi connectivity index (χ4n) is 3.78. The average Bonchev–Trinajstić information content (AvgIpc) is 3.08. The molecule has 2 fully saturated rings. The van der Waals surface area contributed by atoms with Crippen LogP contribution in [0, 0.1) is 17.8 Å². The van der Waals surface area contributed by atoms with Crippen LogP contribution in [0.25, 0.3) is 0 Å². The molecule has 138 valence electrons. The molecule has 1 N–H and O–H groups in total. The van der Waals surface area contributed by atoms with Crippen LogP contribution in [0.5, 0.6) is 0 Å². The van der Waals surface area contributed by atoms with Crippen LogP contribution in [0.4, 0.5) is 0 Å². The molecule has 0 bridgehead atoms. The highest BCUT2D eigenvalue weighted by Crippen LogP contribution is 2.32. The first-order valence-corrected chi connectivity index (χ1v) is 9.66. The molecule has 0 aromatic heterocycles. The van der Waals surface area contributed by atoms with E-state index >= 15 is 0 Å². The Hall–Kier alpha value is -1.10. The molecule has 5 nitrogen and oxygen atoms in total. The summed E-state index contributed by atoms with van der Waals surface area (Å²) in [5.41, 5.74) is 0. The summed E-state index contributed by atoms with van der Waals surface area (Å²) >= 11 is 0. The highest BCUT2D eigenvalue weighted by atomic mass is 16.5. The van der Waals surface area contributed by atoms with Crippen molar-refractivity contribution in [3.8, 4) is 0 Å². The lowest BCUT2D eigenvalue weighted by molar-refractivity contribution is -0.143. The largest absolute Gasteiger partial charge is 0.379 e. The highest BCUT2D eigenvalue weighted by Gasteiger charge is 2.38. The van der Waals surface area contributed by atoms with Crippen molar-refractivity contribution in [2.75, 3.05) is 26.3 Å². The van der Waals surface area contributed by atoms with Crippen molar-refractivity contribution in [3.63, 3.8) is 0 Å². The normalized spacial score (nSPS) is 25.8. The molecule has 2 amide bonds. The Morgan fingerprint density at radius 2 is 1.62 bits per heavy atom. The van der Waals surface area contributed by atoms with E-state index in [1.54, 1.807) is 0 Å². The van der Waals surface area contributed by atoms with Crippen molar-refractivity contribution in [1.29, 1.82) is 0 Å². The molecule has 1 saturated heterocycles. The number of hydrogen-bond acceptors (Lipinski definition) is 3. The molecular weight excluding hydrogens is 304 g/mol. The van der Waals surface area contributed by atoms with Crippen molar-refractivity contribution >= 4 is 11.8 Å². The monoisotopic (exact) mass is 338 g/mol. The number of nitrogens with one attached hydrogen (secondary N) is 1. The van der Waals surface area contributed by atoms with Gasteiger partial charge in [0, 0.05) is 37.6 Å². The Bertz CT molecular complexity index is 419. The van der Waals surface area contributed by atoms with Gasteiger partial charge in [-0.2, -0.15) is 0 Å². The third-order valence-corrected chi connectivity index (χ3v) is 5.05. The van der Waals surface area contributed by atoms with Gasteiger partial charge in [-0.15, -0.1) is 0 Å². The van der Waals surface area contributed by atoms with Gasteiger partial charge < -0.3 is 15.0 Å². The molecule has 0 aromatic carbocycles. The minimum atomic E-state index is -0.167. The van der Waals surface area contributed by atoms with Gasteiger partial charge in [-0.25, -0.2) is 0 Å². The van der Waals surface area contributed by atoms with Gasteiger partial charge >= 0.3 is 0 Å². The number of carbonyl (C=O) groups is 2. The summed E-state index contributed by atoms with van der Waals surface area (Å²) in [7, 11) is 0. The molecule has 0 aromatic rings. The lowest BCUT2D eigenvalue weighted by Crippen LogP contribution is -2.47. The van der Waals surface area contributed by atoms with Gasteiger partial charge in [0.15, 0.2) is 0 Å². The Kier molecular flexibility index (Phi) is 7.53. The molecular formula is C19H34N2O3. The third kappa shape index (κ3) is 5.47. The summed E-state index contributed by atoms with van der Waals surface area (Å²) in [6, 6.07) is -0.0132. The Morgan fingerprint density at radius 1 is 1.00 bits per heavy atom. The second-order valence-electron chi connectivity index (χ2n) is 7.87. The molecule has 5 heteroatoms. The van der Waals surface area contributed by atoms with Crippen LogP contribution in [-0.4, -0.2) is 49.1 Å². The first-order chi connectivity index (χ1) is 11.5. The molecule has 0 radical (unpaired) electrons. The minimum Gasteiger partial charge on any atom is -0.379 e. The van der Waals surface area contributed by atoms with E-state index in [-0.39, 0.29) is 29.7 Å². The summed E-state index contributed by atoms with van der Waals surface area (Å²) in [6.45, 7) is 9.16. The average molecular weight is 338 g/mol. The Labute approximate surface area is 146 Å². The van der Waals surface area contributed by atoms with Crippen LogP contribution >= 0.6 is 0 Å². The van der Waals surface area contributed by atoms with E-state index < -0.39 is 0 Å². The van der Waals surface area contributed by atoms with Gasteiger partial charge in [0.05, 0.1) is 6.61 Å². The molecule has 3 atom stereocenters. The van der Waals surface area contributed by atoms with E-state index in [0.717, 1.165) is 51.6 Å². The smallest absolute Gasteiger partial charge is 0.226 e. The van der Waals surface area contributed by atoms with E-state index in [9.17, 15) is 9.59 Å². The van der Waals surface area contributed by atoms with Crippen LogP contribution in [0.1, 0.15) is 59.3 Å². The molecule has 24 heavy (non-hydrogen) atoms. The van der Waals surface area contributed by atoms with Gasteiger partial charge in [-0.05, 0) is 38.5 Å². The van der Waals surface area contributed by atoms with Gasteiger partial charge in [-0.3, -0.25) is 9.59 Å². The van der Waals surface area contributed by atoms with Gasteiger partial charge in [-0.1, -0.05) is 26.7 Å². The highest BCUT2D eigenvalue weighted by molar-refractivity contribution is 5.88. The van der Waals surface area contributed by atoms with E-state index in [4.69, 9.17) is 4.74 Å². The predicted octanol–water partition coefficient (Wildman–Crippen LogP) is 2.59. The number of amides is 2. The van der Waals surface area contributed by atoms with Crippen LogP contribution in [0.3, 0.4) is 0 Å². The molecule has 0 spiro atoms. The van der Waals surface area contributed by atoms with E-state index in [0.29, 0.717) is 19.1 Å². The van der Waals surface area contributed by atoms with E-state index in [1.807, 2.05) is 11.8 Å². The summed E-state index contributed by atoms with van der Waals surface area (Å²) in [6.07, 6.45) is 5.97. The minimum absolute atomic E-state index is 0.0132. The van der Waals surface area contributed by atoms with Crippen molar-refractivity contribution in [1.82, 2.24) is 10.2 Å². The van der Waals surface area contributed by atoms with Crippen molar-refractivity contribution < 1.29 is 14.3 Å². The number of carbonyl (C=O) groups excluding carboxylic acids is 2. The maximum absolute atomic E-state index is 12.8. The van der Waals surface area contributed by atoms with Crippen LogP contribution in [0.15, 0.2) is 0 Å². The summed E-state index contributed by atoms with van der Waals surface area (Å²) in [5, 5.41) is 3.06. The van der Waals surface area contributed by atoms with E-state index in [2.05, 4.69) is 19.2 Å². The maximum atomic E-state index is 12.8. The van der Waals surface area contributed by atoms with Crippen LogP contribution < -0.4 is 5.32 Å². The lowest BCUT2D eigenvalue weighted by Gasteiger charge is -2.33. The lowest BCUT2D eigenvalue weighted by atomic mass is 9.77. The van der Waals surface area contributed by atoms with E-state index in [1.165, 1.54) is 0 Å². The summed E-state index contributed by atoms with van der Waals surface area (Å²) in [4.78, 5) is 27.4. The number of ether oxygens (including phenoxy) is 1. The van der Waals surface area contributed by atoms with Crippen molar-refractivity contribution in [2.24, 2.45) is 17.8 Å². The maximum Gasteiger partial charge on any atom is 0.226 e. The van der Waals surface area contributed by atoms with Gasteiger partial charge in [0.1, 0.15) is 0 Å². The second kappa shape index (κ2) is 9.40. The molecule has 1 aliphatic heterocycles. The first-order valence-electron chi connectivity index (χ1n) is 9.66. The topological polar surface area (TPSA) is 58.6 Å². The molecule has 0 unspecified atom stereocenters. The number of hydrogen-bond donors (Lipinski definition) is 1. The molecule has 1 aliphatic carbocycles. The zero-order valence-corrected chi connectivity index (χ0v) is 15.6. The first kappa shape index (κ1) is 19.2. The van der Waals surface area contributed by atoms with Gasteiger partial charge in [0.25, 0.3) is 0 Å². The Balaban J connectivity index is 1.86. The SMILES string of the molecule is CC(C)COC[C@H](C)NC(=O)[C@H]1CCCC[C@@H]1C(=O)N1CCCC1. The Morgan fingerprint density at radius 3 is 2.25 bits per heavy atom. The van der Waals surface area contributed by atoms with Gasteiger partial charge in [0.2, 0.25) is 11.8 Å². The van der Waals surface area contributed by atoms with Crippen LogP contribution in [-0.2, 0) is 14.3 Å². The fraction of sp³-hybridized carbons (Fsp3) is 0.895. The quantitative estimate of drug-likeness (QED) is 0.776. The summed E-state index contributed by atoms with van der Waals surface area (Å²) in [5.74, 6) is 0.442. The number of rotatable bonds is 7. The summed E-state index contributed by atoms with van der Waals surface area (Å²) < 4.78 is 5.61. The van der Waals surface area contributed by atoms with Crippen LogP contribution in [0.2, 0.25) is 0 Å². The molecule has 2 rings (SSSR count). The standard InChI is InChI=1S/C19H34N2O3/c1-14(2)12-24-13-15(3)20-18(22)16-8-4-5-9-17(16)19(23)21-10-6-7-11-21/h14-17H,4-13H2,1-3H3,(H,20,22)/t15-,16-,17-/m0/s1. The predicted molar refractivity (Wildman–Crippen MR) is 94.5 cm³/mol. The molecule has 1 heterocycles. The van der Waals surface area contributed by atoms with Crippen molar-refractivity contribution in [2.45, 2.75) is 65.3 Å². The zero-order chi connectivity index (χ0) is 17.5. The second-order valence-corrected chi connectivity index (χ2v) is 7.87.